The van der Waals surface area contributed by atoms with Crippen molar-refractivity contribution in [3.8, 4) is 10.9 Å². The summed E-state index contributed by atoms with van der Waals surface area (Å²) in [5, 5.41) is 5.12. The molecule has 6 rings (SSSR count). The zero-order chi connectivity index (χ0) is 23.8. The number of thiazole rings is 1. The van der Waals surface area contributed by atoms with E-state index in [9.17, 15) is 0 Å². The third kappa shape index (κ3) is 3.94. The first-order chi connectivity index (χ1) is 17.2. The molecule has 0 radical (unpaired) electrons. The van der Waals surface area contributed by atoms with Crippen LogP contribution in [0.25, 0.3) is 15.3 Å². The normalized spacial score (nSPS) is 17.6. The lowest BCUT2D eigenvalue weighted by molar-refractivity contribution is 0.340. The molecule has 1 aliphatic heterocycles. The Morgan fingerprint density at radius 2 is 1.83 bits per heavy atom. The number of para-hydroxylation sites is 1. The number of nitrogens with one attached hydrogen (secondary N) is 1. The fourth-order valence-electron chi connectivity index (χ4n) is 4.58. The summed E-state index contributed by atoms with van der Waals surface area (Å²) in [4.78, 5) is 11.7. The Morgan fingerprint density at radius 1 is 1.00 bits per heavy atom. The van der Waals surface area contributed by atoms with Crippen molar-refractivity contribution in [3.05, 3.63) is 103 Å². The highest BCUT2D eigenvalue weighted by molar-refractivity contribution is 7.80. The third-order valence-corrected chi connectivity index (χ3v) is 7.45. The van der Waals surface area contributed by atoms with Crippen molar-refractivity contribution in [3.63, 3.8) is 0 Å². The largest absolute Gasteiger partial charge is 0.494 e. The van der Waals surface area contributed by atoms with Crippen LogP contribution < -0.4 is 15.0 Å². The number of anilines is 1. The first-order valence-corrected chi connectivity index (χ1v) is 12.7. The van der Waals surface area contributed by atoms with Crippen molar-refractivity contribution in [1.29, 1.82) is 0 Å². The average Bonchev–Trinajstić information content (AvgIpc) is 3.61. The maximum Gasteiger partial charge on any atom is 0.194 e. The van der Waals surface area contributed by atoms with Gasteiger partial charge in [-0.25, -0.2) is 4.98 Å². The summed E-state index contributed by atoms with van der Waals surface area (Å²) in [7, 11) is 0. The van der Waals surface area contributed by atoms with E-state index in [4.69, 9.17) is 21.9 Å². The number of rotatable bonds is 6. The molecule has 5 aromatic rings. The summed E-state index contributed by atoms with van der Waals surface area (Å²) in [6.07, 6.45) is 3.89. The molecule has 4 heterocycles. The molecule has 6 nitrogen and oxygen atoms in total. The minimum Gasteiger partial charge on any atom is -0.494 e. The molecular weight excluding hydrogens is 474 g/mol. The van der Waals surface area contributed by atoms with Gasteiger partial charge in [-0.05, 0) is 79.8 Å². The average molecular weight is 498 g/mol. The van der Waals surface area contributed by atoms with Crippen LogP contribution in [0.4, 0.5) is 5.69 Å². The smallest absolute Gasteiger partial charge is 0.194 e. The Morgan fingerprint density at radius 3 is 2.60 bits per heavy atom. The number of pyridine rings is 1. The Hall–Kier alpha value is -3.75. The van der Waals surface area contributed by atoms with E-state index in [-0.39, 0.29) is 12.1 Å². The molecule has 1 N–H and O–H groups in total. The van der Waals surface area contributed by atoms with Crippen molar-refractivity contribution in [1.82, 2.24) is 19.9 Å². The Kier molecular flexibility index (Phi) is 5.67. The van der Waals surface area contributed by atoms with Crippen LogP contribution in [-0.2, 0) is 0 Å². The fourth-order valence-corrected chi connectivity index (χ4v) is 5.89. The second kappa shape index (κ2) is 9.13. The van der Waals surface area contributed by atoms with Gasteiger partial charge in [-0.1, -0.05) is 29.5 Å². The lowest BCUT2D eigenvalue weighted by Crippen LogP contribution is -2.30. The van der Waals surface area contributed by atoms with Crippen LogP contribution in [0.15, 0.2) is 91.3 Å². The molecule has 1 saturated heterocycles. The Bertz CT molecular complexity index is 1450. The molecule has 0 saturated carbocycles. The zero-order valence-electron chi connectivity index (χ0n) is 19.0. The fraction of sp³-hybridized carbons (Fsp3) is 0.148. The van der Waals surface area contributed by atoms with Gasteiger partial charge in [0.2, 0.25) is 0 Å². The number of thiocarbonyl (C=S) groups is 1. The number of nitrogens with zero attached hydrogens (tertiary/aromatic N) is 4. The van der Waals surface area contributed by atoms with Gasteiger partial charge in [0.15, 0.2) is 10.2 Å². The minimum atomic E-state index is -0.127. The SMILES string of the molecule is CCOc1ccc(N2C(=S)N[C@H](c3ccccn3)[C@H]2c2cccn2-c2nc3ccccc3s2)cc1. The maximum atomic E-state index is 5.88. The predicted molar refractivity (Wildman–Crippen MR) is 144 cm³/mol. The summed E-state index contributed by atoms with van der Waals surface area (Å²) >= 11 is 7.56. The van der Waals surface area contributed by atoms with Crippen LogP contribution in [0.2, 0.25) is 0 Å². The highest BCUT2D eigenvalue weighted by atomic mass is 32.1. The molecule has 0 unspecified atom stereocenters. The molecular formula is C27H23N5OS2. The summed E-state index contributed by atoms with van der Waals surface area (Å²) in [5.41, 5.74) is 4.01. The second-order valence-corrected chi connectivity index (χ2v) is 9.59. The highest BCUT2D eigenvalue weighted by Crippen LogP contribution is 2.43. The monoisotopic (exact) mass is 497 g/mol. The molecule has 3 aromatic heterocycles. The molecule has 1 fully saturated rings. The molecule has 35 heavy (non-hydrogen) atoms. The van der Waals surface area contributed by atoms with Gasteiger partial charge >= 0.3 is 0 Å². The van der Waals surface area contributed by atoms with Crippen LogP contribution >= 0.6 is 23.6 Å². The molecule has 0 spiro atoms. The molecule has 8 heteroatoms. The lowest BCUT2D eigenvalue weighted by atomic mass is 10.0. The molecule has 2 atom stereocenters. The summed E-state index contributed by atoms with van der Waals surface area (Å²) in [6.45, 7) is 2.61. The van der Waals surface area contributed by atoms with E-state index < -0.39 is 0 Å². The second-order valence-electron chi connectivity index (χ2n) is 8.19. The van der Waals surface area contributed by atoms with Gasteiger partial charge in [-0.15, -0.1) is 0 Å². The quantitative estimate of drug-likeness (QED) is 0.288. The van der Waals surface area contributed by atoms with Crippen molar-refractivity contribution < 1.29 is 4.74 Å². The number of aromatic nitrogens is 3. The summed E-state index contributed by atoms with van der Waals surface area (Å²) in [5.74, 6) is 0.838. The molecule has 0 aliphatic carbocycles. The minimum absolute atomic E-state index is 0.127. The molecule has 1 aliphatic rings. The van der Waals surface area contributed by atoms with Crippen molar-refractivity contribution in [2.24, 2.45) is 0 Å². The Labute approximate surface area is 212 Å². The van der Waals surface area contributed by atoms with E-state index in [1.165, 1.54) is 0 Å². The number of hydrogen-bond donors (Lipinski definition) is 1. The van der Waals surface area contributed by atoms with Crippen LogP contribution in [0, 0.1) is 0 Å². The van der Waals surface area contributed by atoms with Crippen LogP contribution in [0.5, 0.6) is 5.75 Å². The lowest BCUT2D eigenvalue weighted by Gasteiger charge is -2.28. The van der Waals surface area contributed by atoms with E-state index >= 15 is 0 Å². The summed E-state index contributed by atoms with van der Waals surface area (Å²) < 4.78 is 8.99. The number of ether oxygens (including phenoxy) is 1. The van der Waals surface area contributed by atoms with E-state index in [1.54, 1.807) is 11.3 Å². The zero-order valence-corrected chi connectivity index (χ0v) is 20.7. The van der Waals surface area contributed by atoms with E-state index in [2.05, 4.69) is 56.3 Å². The van der Waals surface area contributed by atoms with Gasteiger partial charge < -0.3 is 15.0 Å². The van der Waals surface area contributed by atoms with E-state index in [1.807, 2.05) is 61.7 Å². The summed E-state index contributed by atoms with van der Waals surface area (Å²) in [6, 6.07) is 26.2. The predicted octanol–water partition coefficient (Wildman–Crippen LogP) is 6.06. The third-order valence-electron chi connectivity index (χ3n) is 6.10. The first-order valence-electron chi connectivity index (χ1n) is 11.5. The van der Waals surface area contributed by atoms with Crippen molar-refractivity contribution in [2.75, 3.05) is 11.5 Å². The van der Waals surface area contributed by atoms with Gasteiger partial charge in [0.05, 0.1) is 34.3 Å². The van der Waals surface area contributed by atoms with Crippen LogP contribution in [-0.4, -0.2) is 26.3 Å². The van der Waals surface area contributed by atoms with Gasteiger partial charge in [0.1, 0.15) is 11.8 Å². The Balaban J connectivity index is 1.48. The van der Waals surface area contributed by atoms with Crippen LogP contribution in [0.1, 0.15) is 30.4 Å². The van der Waals surface area contributed by atoms with Gasteiger partial charge in [-0.2, -0.15) is 0 Å². The van der Waals surface area contributed by atoms with Gasteiger partial charge in [-0.3, -0.25) is 9.55 Å². The van der Waals surface area contributed by atoms with Crippen LogP contribution in [0.3, 0.4) is 0 Å². The maximum absolute atomic E-state index is 5.88. The topological polar surface area (TPSA) is 55.2 Å². The molecule has 174 valence electrons. The van der Waals surface area contributed by atoms with Gasteiger partial charge in [0.25, 0.3) is 0 Å². The standard InChI is InChI=1S/C27H23N5OS2/c1-2-33-19-14-12-18(13-15-19)32-25(24(30-26(32)34)21-9-5-6-16-28-21)22-10-7-17-31(22)27-29-20-8-3-4-11-23(20)35-27/h3-17,24-25H,2H2,1H3,(H,30,34)/t24-,25-/m1/s1. The molecule has 2 aromatic carbocycles. The van der Waals surface area contributed by atoms with Gasteiger partial charge in [0, 0.05) is 18.1 Å². The number of benzene rings is 2. The van der Waals surface area contributed by atoms with Crippen molar-refractivity contribution >= 4 is 44.6 Å². The first kappa shape index (κ1) is 21.8. The highest BCUT2D eigenvalue weighted by Gasteiger charge is 2.42. The van der Waals surface area contributed by atoms with Crippen molar-refractivity contribution in [2.45, 2.75) is 19.0 Å². The number of fused-ring (bicyclic) bond motifs is 1. The van der Waals surface area contributed by atoms with E-state index in [0.29, 0.717) is 11.7 Å². The molecule has 0 amide bonds. The molecule has 0 bridgehead atoms. The van der Waals surface area contributed by atoms with E-state index in [0.717, 1.165) is 38.2 Å². The number of hydrogen-bond acceptors (Lipinski definition) is 5.